The second-order valence-corrected chi connectivity index (χ2v) is 7.01. The first-order valence-electron chi connectivity index (χ1n) is 8.78. The van der Waals surface area contributed by atoms with Crippen LogP contribution in [0, 0.1) is 0 Å². The van der Waals surface area contributed by atoms with Gasteiger partial charge >= 0.3 is 5.97 Å². The van der Waals surface area contributed by atoms with Gasteiger partial charge in [-0.25, -0.2) is 4.79 Å². The molecule has 154 valence electrons. The van der Waals surface area contributed by atoms with Gasteiger partial charge in [-0.05, 0) is 18.6 Å². The maximum Gasteiger partial charge on any atom is 0.355 e. The van der Waals surface area contributed by atoms with Gasteiger partial charge in [-0.1, -0.05) is 42.1 Å². The fourth-order valence-corrected chi connectivity index (χ4v) is 3.11. The molecule has 0 aromatic heterocycles. The fourth-order valence-electron chi connectivity index (χ4n) is 2.36. The number of rotatable bonds is 8. The summed E-state index contributed by atoms with van der Waals surface area (Å²) in [7, 11) is 0. The highest BCUT2D eigenvalue weighted by Gasteiger charge is 2.29. The second-order valence-electron chi connectivity index (χ2n) is 6.09. The third-order valence-corrected chi connectivity index (χ3v) is 4.63. The topological polar surface area (TPSA) is 122 Å². The van der Waals surface area contributed by atoms with Crippen LogP contribution in [0.5, 0.6) is 0 Å². The van der Waals surface area contributed by atoms with E-state index in [1.54, 1.807) is 24.3 Å². The van der Waals surface area contributed by atoms with Crippen molar-refractivity contribution in [2.24, 2.45) is 0 Å². The molecule has 4 amide bonds. The lowest BCUT2D eigenvalue weighted by Gasteiger charge is -2.17. The van der Waals surface area contributed by atoms with Crippen molar-refractivity contribution >= 4 is 46.8 Å². The minimum absolute atomic E-state index is 0.0389. The summed E-state index contributed by atoms with van der Waals surface area (Å²) in [6, 6.07) is 8.83. The monoisotopic (exact) mass is 419 g/mol. The first-order valence-corrected chi connectivity index (χ1v) is 9.76. The quantitative estimate of drug-likeness (QED) is 0.474. The third-order valence-electron chi connectivity index (χ3n) is 3.77. The Bertz CT molecular complexity index is 824. The van der Waals surface area contributed by atoms with E-state index >= 15 is 0 Å². The van der Waals surface area contributed by atoms with E-state index in [1.807, 2.05) is 6.07 Å². The Labute approximate surface area is 171 Å². The molecule has 9 nitrogen and oxygen atoms in total. The molecule has 10 heteroatoms. The van der Waals surface area contributed by atoms with E-state index in [1.165, 1.54) is 19.9 Å². The highest BCUT2D eigenvalue weighted by Crippen LogP contribution is 2.17. The Morgan fingerprint density at radius 2 is 1.93 bits per heavy atom. The molecule has 1 heterocycles. The van der Waals surface area contributed by atoms with Crippen LogP contribution < -0.4 is 10.6 Å². The van der Waals surface area contributed by atoms with E-state index in [-0.39, 0.29) is 35.7 Å². The average molecular weight is 419 g/mol. The maximum atomic E-state index is 12.4. The van der Waals surface area contributed by atoms with E-state index in [2.05, 4.69) is 10.6 Å². The van der Waals surface area contributed by atoms with Gasteiger partial charge in [-0.2, -0.15) is 0 Å². The van der Waals surface area contributed by atoms with Crippen molar-refractivity contribution in [1.29, 1.82) is 0 Å². The number of imide groups is 1. The molecule has 2 rings (SSSR count). The van der Waals surface area contributed by atoms with Crippen molar-refractivity contribution in [1.82, 2.24) is 15.5 Å². The summed E-state index contributed by atoms with van der Waals surface area (Å²) >= 11 is 0.910. The smallest absolute Gasteiger partial charge is 0.355 e. The molecule has 1 saturated heterocycles. The molecule has 1 aliphatic rings. The number of thioether (sulfide) groups is 1. The molecule has 2 N–H and O–H groups in total. The van der Waals surface area contributed by atoms with E-state index in [0.29, 0.717) is 5.56 Å². The number of hydrogen-bond donors (Lipinski definition) is 2. The minimum atomic E-state index is -1.14. The Balaban J connectivity index is 1.91. The predicted octanol–water partition coefficient (Wildman–Crippen LogP) is 0.907. The second kappa shape index (κ2) is 10.4. The van der Waals surface area contributed by atoms with E-state index in [4.69, 9.17) is 4.74 Å². The number of nitrogens with one attached hydrogen (secondary N) is 2. The van der Waals surface area contributed by atoms with Crippen LogP contribution in [-0.4, -0.2) is 58.8 Å². The van der Waals surface area contributed by atoms with Crippen LogP contribution in [0.15, 0.2) is 36.0 Å². The molecule has 1 aromatic rings. The van der Waals surface area contributed by atoms with Crippen LogP contribution in [0.2, 0.25) is 0 Å². The van der Waals surface area contributed by atoms with Crippen LogP contribution in [0.25, 0.3) is 6.08 Å². The highest BCUT2D eigenvalue weighted by atomic mass is 32.2. The SMILES string of the molecule is CC(=O)N/C(=C\c1ccccc1)C(=O)O[C@@H](C)C(=O)NCCN1C(=O)CSC1=O. The normalized spacial score (nSPS) is 15.1. The van der Waals surface area contributed by atoms with Gasteiger partial charge in [-0.15, -0.1) is 0 Å². The Morgan fingerprint density at radius 3 is 2.52 bits per heavy atom. The number of esters is 1. The van der Waals surface area contributed by atoms with E-state index in [9.17, 15) is 24.0 Å². The van der Waals surface area contributed by atoms with E-state index in [0.717, 1.165) is 16.7 Å². The summed E-state index contributed by atoms with van der Waals surface area (Å²) in [5, 5.41) is 4.55. The Hall–Kier alpha value is -3.14. The first-order chi connectivity index (χ1) is 13.8. The van der Waals surface area contributed by atoms with Gasteiger partial charge < -0.3 is 15.4 Å². The van der Waals surface area contributed by atoms with Gasteiger partial charge in [0.2, 0.25) is 11.8 Å². The van der Waals surface area contributed by atoms with Crippen LogP contribution >= 0.6 is 11.8 Å². The number of benzene rings is 1. The van der Waals surface area contributed by atoms with Crippen molar-refractivity contribution in [3.05, 3.63) is 41.6 Å². The number of carbonyl (C=O) groups excluding carboxylic acids is 5. The van der Waals surface area contributed by atoms with Crippen LogP contribution in [-0.2, 0) is 23.9 Å². The number of carbonyl (C=O) groups is 5. The number of nitrogens with zero attached hydrogens (tertiary/aromatic N) is 1. The lowest BCUT2D eigenvalue weighted by Crippen LogP contribution is -2.42. The molecule has 1 aromatic carbocycles. The molecule has 0 bridgehead atoms. The van der Waals surface area contributed by atoms with E-state index < -0.39 is 23.9 Å². The summed E-state index contributed by atoms with van der Waals surface area (Å²) in [6.45, 7) is 2.71. The standard InChI is InChI=1S/C19H21N3O6S/c1-12(17(25)20-8-9-22-16(24)11-29-19(22)27)28-18(26)15(21-13(2)23)10-14-6-4-3-5-7-14/h3-7,10,12H,8-9,11H2,1-2H3,(H,20,25)(H,21,23)/b15-10-/t12-/m0/s1. The minimum Gasteiger partial charge on any atom is -0.448 e. The largest absolute Gasteiger partial charge is 0.448 e. The van der Waals surface area contributed by atoms with Gasteiger partial charge in [0.25, 0.3) is 11.1 Å². The van der Waals surface area contributed by atoms with Gasteiger partial charge in [0.1, 0.15) is 5.70 Å². The summed E-state index contributed by atoms with van der Waals surface area (Å²) in [5.74, 6) is -2.13. The number of hydrogen-bond acceptors (Lipinski definition) is 7. The molecule has 0 aliphatic carbocycles. The molecule has 0 unspecified atom stereocenters. The van der Waals surface area contributed by atoms with Crippen LogP contribution in [0.1, 0.15) is 19.4 Å². The van der Waals surface area contributed by atoms with Crippen molar-refractivity contribution in [2.45, 2.75) is 20.0 Å². The molecule has 0 spiro atoms. The van der Waals surface area contributed by atoms with Crippen LogP contribution in [0.4, 0.5) is 4.79 Å². The van der Waals surface area contributed by atoms with Crippen molar-refractivity contribution in [2.75, 3.05) is 18.8 Å². The number of ether oxygens (including phenoxy) is 1. The van der Waals surface area contributed by atoms with Gasteiger partial charge in [0.05, 0.1) is 5.75 Å². The molecule has 1 aliphatic heterocycles. The van der Waals surface area contributed by atoms with Crippen molar-refractivity contribution in [3.8, 4) is 0 Å². The third kappa shape index (κ3) is 6.75. The predicted molar refractivity (Wildman–Crippen MR) is 106 cm³/mol. The maximum absolute atomic E-state index is 12.4. The lowest BCUT2D eigenvalue weighted by atomic mass is 10.2. The van der Waals surface area contributed by atoms with Gasteiger partial charge in [0.15, 0.2) is 6.10 Å². The van der Waals surface area contributed by atoms with Crippen LogP contribution in [0.3, 0.4) is 0 Å². The molecule has 29 heavy (non-hydrogen) atoms. The zero-order valence-electron chi connectivity index (χ0n) is 16.0. The summed E-state index contributed by atoms with van der Waals surface area (Å²) < 4.78 is 5.13. The van der Waals surface area contributed by atoms with Gasteiger partial charge in [0, 0.05) is 20.0 Å². The van der Waals surface area contributed by atoms with Crippen molar-refractivity contribution < 1.29 is 28.7 Å². The number of amides is 4. The zero-order chi connectivity index (χ0) is 21.4. The van der Waals surface area contributed by atoms with Gasteiger partial charge in [-0.3, -0.25) is 24.1 Å². The zero-order valence-corrected chi connectivity index (χ0v) is 16.8. The molecular weight excluding hydrogens is 398 g/mol. The highest BCUT2D eigenvalue weighted by molar-refractivity contribution is 8.14. The molecule has 0 radical (unpaired) electrons. The molecule has 1 atom stereocenters. The molecule has 1 fully saturated rings. The summed E-state index contributed by atoms with van der Waals surface area (Å²) in [4.78, 5) is 60.0. The molecule has 0 saturated carbocycles. The summed E-state index contributed by atoms with van der Waals surface area (Å²) in [6.07, 6.45) is 0.297. The lowest BCUT2D eigenvalue weighted by molar-refractivity contribution is -0.151. The Kier molecular flexibility index (Phi) is 7.96. The van der Waals surface area contributed by atoms with Crippen molar-refractivity contribution in [3.63, 3.8) is 0 Å². The average Bonchev–Trinajstić information content (AvgIpc) is 2.99. The summed E-state index contributed by atoms with van der Waals surface area (Å²) in [5.41, 5.74) is 0.566. The molecular formula is C19H21N3O6S. The first kappa shape index (κ1) is 22.2. The fraction of sp³-hybridized carbons (Fsp3) is 0.316. The Morgan fingerprint density at radius 1 is 1.24 bits per heavy atom.